The number of carbonyl (C=O) groups excluding carboxylic acids is 4. The van der Waals surface area contributed by atoms with Crippen LogP contribution in [0.3, 0.4) is 0 Å². The number of likely N-dealkylation sites (N-methyl/N-ethyl adjacent to an activating group) is 1. The van der Waals surface area contributed by atoms with E-state index < -0.39 is 24.4 Å². The maximum Gasteiger partial charge on any atom is 0.338 e. The second kappa shape index (κ2) is 11.3. The summed E-state index contributed by atoms with van der Waals surface area (Å²) >= 11 is 0. The first kappa shape index (κ1) is 24.1. The normalized spacial score (nSPS) is 10.3. The average Bonchev–Trinajstić information content (AvgIpc) is 3.38. The second-order valence-electron chi connectivity index (χ2n) is 7.09. The highest BCUT2D eigenvalue weighted by molar-refractivity contribution is 6.05. The monoisotopic (exact) mass is 465 g/mol. The van der Waals surface area contributed by atoms with Crippen molar-refractivity contribution < 1.29 is 33.1 Å². The van der Waals surface area contributed by atoms with Crippen molar-refractivity contribution in [3.05, 3.63) is 83.8 Å². The Labute approximate surface area is 195 Å². The van der Waals surface area contributed by atoms with Gasteiger partial charge in [-0.25, -0.2) is 4.79 Å². The minimum absolute atomic E-state index is 0.194. The summed E-state index contributed by atoms with van der Waals surface area (Å²) in [6, 6.07) is 15.9. The number of nitrogens with two attached hydrogens (primary N) is 1. The van der Waals surface area contributed by atoms with Crippen LogP contribution < -0.4 is 20.7 Å². The number of ether oxygens (including phenoxy) is 2. The standard InChI is InChI=1S/C24H23N3O7/c1-27(20-7-3-2-6-19(20)23(30)26-13-18-5-4-12-32-18)22(29)15-34-24(31)16-8-10-17(11-9-16)33-14-21(25)28/h2-12H,13-15H2,1H3,(H2,25,28)(H,26,30). The third kappa shape index (κ3) is 6.45. The van der Waals surface area contributed by atoms with Gasteiger partial charge in [-0.2, -0.15) is 0 Å². The number of nitrogens with one attached hydrogen (secondary N) is 1. The molecule has 1 aromatic heterocycles. The van der Waals surface area contributed by atoms with Crippen LogP contribution in [-0.4, -0.2) is 44.0 Å². The van der Waals surface area contributed by atoms with E-state index in [1.165, 1.54) is 42.5 Å². The van der Waals surface area contributed by atoms with E-state index >= 15 is 0 Å². The Balaban J connectivity index is 1.57. The molecule has 3 aromatic rings. The van der Waals surface area contributed by atoms with Crippen molar-refractivity contribution in [1.29, 1.82) is 0 Å². The number of para-hydroxylation sites is 1. The first-order valence-electron chi connectivity index (χ1n) is 10.2. The Hall–Kier alpha value is -4.60. The zero-order chi connectivity index (χ0) is 24.5. The number of hydrogen-bond donors (Lipinski definition) is 2. The fourth-order valence-corrected chi connectivity index (χ4v) is 2.92. The molecule has 0 aliphatic rings. The van der Waals surface area contributed by atoms with Gasteiger partial charge >= 0.3 is 5.97 Å². The van der Waals surface area contributed by atoms with Crippen molar-refractivity contribution in [2.24, 2.45) is 5.73 Å². The van der Waals surface area contributed by atoms with E-state index in [2.05, 4.69) is 5.32 Å². The molecule has 0 aliphatic carbocycles. The molecule has 0 radical (unpaired) electrons. The minimum atomic E-state index is -0.715. The summed E-state index contributed by atoms with van der Waals surface area (Å²) in [5.74, 6) is -1.30. The van der Waals surface area contributed by atoms with E-state index in [4.69, 9.17) is 19.6 Å². The first-order chi connectivity index (χ1) is 16.3. The Bertz CT molecular complexity index is 1160. The summed E-state index contributed by atoms with van der Waals surface area (Å²) in [6.07, 6.45) is 1.51. The number of anilines is 1. The van der Waals surface area contributed by atoms with Gasteiger partial charge in [0.25, 0.3) is 17.7 Å². The zero-order valence-electron chi connectivity index (χ0n) is 18.4. The van der Waals surface area contributed by atoms with Gasteiger partial charge in [-0.3, -0.25) is 14.4 Å². The van der Waals surface area contributed by atoms with E-state index in [-0.39, 0.29) is 30.2 Å². The molecular formula is C24H23N3O7. The molecule has 1 heterocycles. The lowest BCUT2D eigenvalue weighted by atomic mass is 10.1. The zero-order valence-corrected chi connectivity index (χ0v) is 18.4. The fraction of sp³-hybridized carbons (Fsp3) is 0.167. The van der Waals surface area contributed by atoms with Crippen LogP contribution in [-0.2, 0) is 20.9 Å². The maximum absolute atomic E-state index is 12.6. The maximum atomic E-state index is 12.6. The molecule has 2 aromatic carbocycles. The van der Waals surface area contributed by atoms with Crippen LogP contribution in [0.2, 0.25) is 0 Å². The Kier molecular flexibility index (Phi) is 8.01. The summed E-state index contributed by atoms with van der Waals surface area (Å²) in [5.41, 5.74) is 5.85. The highest BCUT2D eigenvalue weighted by Crippen LogP contribution is 2.20. The van der Waals surface area contributed by atoms with Crippen molar-refractivity contribution in [2.75, 3.05) is 25.2 Å². The quantitative estimate of drug-likeness (QED) is 0.436. The van der Waals surface area contributed by atoms with Crippen LogP contribution in [0.15, 0.2) is 71.3 Å². The van der Waals surface area contributed by atoms with Gasteiger partial charge in [-0.15, -0.1) is 0 Å². The smallest absolute Gasteiger partial charge is 0.338 e. The molecule has 0 atom stereocenters. The van der Waals surface area contributed by atoms with Crippen LogP contribution in [0, 0.1) is 0 Å². The van der Waals surface area contributed by atoms with Crippen LogP contribution in [0.5, 0.6) is 5.75 Å². The summed E-state index contributed by atoms with van der Waals surface area (Å²) in [6.45, 7) is -0.619. The number of primary amides is 1. The molecular weight excluding hydrogens is 442 g/mol. The fourth-order valence-electron chi connectivity index (χ4n) is 2.92. The molecule has 34 heavy (non-hydrogen) atoms. The van der Waals surface area contributed by atoms with Gasteiger partial charge in [0.15, 0.2) is 13.2 Å². The van der Waals surface area contributed by atoms with Gasteiger partial charge in [-0.05, 0) is 48.5 Å². The third-order valence-electron chi connectivity index (χ3n) is 4.69. The number of nitrogens with zero attached hydrogens (tertiary/aromatic N) is 1. The van der Waals surface area contributed by atoms with Crippen molar-refractivity contribution in [1.82, 2.24) is 5.32 Å². The molecule has 0 unspecified atom stereocenters. The molecule has 3 amide bonds. The number of benzene rings is 2. The van der Waals surface area contributed by atoms with Crippen molar-refractivity contribution >= 4 is 29.4 Å². The molecule has 10 nitrogen and oxygen atoms in total. The van der Waals surface area contributed by atoms with Gasteiger partial charge in [-0.1, -0.05) is 12.1 Å². The SMILES string of the molecule is CN(C(=O)COC(=O)c1ccc(OCC(N)=O)cc1)c1ccccc1C(=O)NCc1ccco1. The number of amides is 3. The topological polar surface area (TPSA) is 141 Å². The molecule has 0 fully saturated rings. The second-order valence-corrected chi connectivity index (χ2v) is 7.09. The van der Waals surface area contributed by atoms with Crippen molar-refractivity contribution in [3.8, 4) is 5.75 Å². The lowest BCUT2D eigenvalue weighted by Crippen LogP contribution is -2.33. The molecule has 0 aliphatic heterocycles. The van der Waals surface area contributed by atoms with Gasteiger partial charge in [0.2, 0.25) is 0 Å². The Morgan fingerprint density at radius 3 is 2.38 bits per heavy atom. The lowest BCUT2D eigenvalue weighted by molar-refractivity contribution is -0.121. The van der Waals surface area contributed by atoms with Gasteiger partial charge in [0.05, 0.1) is 29.6 Å². The van der Waals surface area contributed by atoms with E-state index in [0.717, 1.165) is 0 Å². The van der Waals surface area contributed by atoms with Gasteiger partial charge < -0.3 is 29.8 Å². The molecule has 0 saturated carbocycles. The lowest BCUT2D eigenvalue weighted by Gasteiger charge is -2.20. The average molecular weight is 465 g/mol. The van der Waals surface area contributed by atoms with E-state index in [1.54, 1.807) is 36.4 Å². The van der Waals surface area contributed by atoms with E-state index in [0.29, 0.717) is 17.2 Å². The Morgan fingerprint density at radius 1 is 0.971 bits per heavy atom. The van der Waals surface area contributed by atoms with Crippen molar-refractivity contribution in [3.63, 3.8) is 0 Å². The van der Waals surface area contributed by atoms with E-state index in [9.17, 15) is 19.2 Å². The molecule has 176 valence electrons. The molecule has 3 N–H and O–H groups in total. The van der Waals surface area contributed by atoms with Crippen molar-refractivity contribution in [2.45, 2.75) is 6.54 Å². The van der Waals surface area contributed by atoms with Crippen LogP contribution in [0.25, 0.3) is 0 Å². The third-order valence-corrected chi connectivity index (χ3v) is 4.69. The number of carbonyl (C=O) groups is 4. The highest BCUT2D eigenvalue weighted by atomic mass is 16.5. The van der Waals surface area contributed by atoms with Crippen LogP contribution >= 0.6 is 0 Å². The number of hydrogen-bond acceptors (Lipinski definition) is 7. The van der Waals surface area contributed by atoms with Gasteiger partial charge in [0.1, 0.15) is 11.5 Å². The predicted octanol–water partition coefficient (Wildman–Crippen LogP) is 1.89. The summed E-state index contributed by atoms with van der Waals surface area (Å²) in [4.78, 5) is 49.6. The summed E-state index contributed by atoms with van der Waals surface area (Å²) < 4.78 is 15.4. The number of rotatable bonds is 10. The summed E-state index contributed by atoms with van der Waals surface area (Å²) in [5, 5.41) is 2.74. The molecule has 3 rings (SSSR count). The Morgan fingerprint density at radius 2 is 1.71 bits per heavy atom. The first-order valence-corrected chi connectivity index (χ1v) is 10.2. The minimum Gasteiger partial charge on any atom is -0.484 e. The molecule has 10 heteroatoms. The van der Waals surface area contributed by atoms with E-state index in [1.807, 2.05) is 0 Å². The molecule has 0 spiro atoms. The van der Waals surface area contributed by atoms with Gasteiger partial charge in [0, 0.05) is 7.05 Å². The largest absolute Gasteiger partial charge is 0.484 e. The predicted molar refractivity (Wildman–Crippen MR) is 121 cm³/mol. The number of esters is 1. The summed E-state index contributed by atoms with van der Waals surface area (Å²) in [7, 11) is 1.49. The molecule has 0 bridgehead atoms. The highest BCUT2D eigenvalue weighted by Gasteiger charge is 2.20. The number of furan rings is 1. The van der Waals surface area contributed by atoms with Crippen LogP contribution in [0.1, 0.15) is 26.5 Å². The molecule has 0 saturated heterocycles. The van der Waals surface area contributed by atoms with Crippen LogP contribution in [0.4, 0.5) is 5.69 Å².